The van der Waals surface area contributed by atoms with Crippen molar-refractivity contribution in [3.05, 3.63) is 47.2 Å². The maximum Gasteiger partial charge on any atom is 0.433 e. The molecule has 2 aliphatic rings. The number of carbonyl (C=O) groups is 1. The van der Waals surface area contributed by atoms with Gasteiger partial charge in [-0.2, -0.15) is 13.2 Å². The second kappa shape index (κ2) is 10.1. The van der Waals surface area contributed by atoms with E-state index in [-0.39, 0.29) is 16.9 Å². The Labute approximate surface area is 187 Å². The van der Waals surface area contributed by atoms with Crippen molar-refractivity contribution in [2.45, 2.75) is 17.1 Å². The summed E-state index contributed by atoms with van der Waals surface area (Å²) in [5, 5.41) is 0.0646. The molecule has 1 aromatic heterocycles. The molecule has 1 aromatic carbocycles. The third-order valence-corrected chi connectivity index (χ3v) is 6.10. The first-order valence-corrected chi connectivity index (χ1v) is 11.3. The van der Waals surface area contributed by atoms with Gasteiger partial charge in [0.2, 0.25) is 0 Å². The Morgan fingerprint density at radius 1 is 0.969 bits per heavy atom. The average Bonchev–Trinajstić information content (AvgIpc) is 2.83. The van der Waals surface area contributed by atoms with E-state index in [9.17, 15) is 18.0 Å². The van der Waals surface area contributed by atoms with Crippen LogP contribution >= 0.6 is 11.8 Å². The SMILES string of the molecule is O=C(c1ccc(CSc2nc(N3CCOCC3)cc(C(F)(F)F)n2)cc1)N1CCOCC1. The molecule has 7 nitrogen and oxygen atoms in total. The summed E-state index contributed by atoms with van der Waals surface area (Å²) >= 11 is 1.13. The first-order valence-electron chi connectivity index (χ1n) is 10.3. The van der Waals surface area contributed by atoms with Gasteiger partial charge in [-0.15, -0.1) is 0 Å². The van der Waals surface area contributed by atoms with Crippen molar-refractivity contribution in [1.82, 2.24) is 14.9 Å². The Morgan fingerprint density at radius 3 is 2.22 bits per heavy atom. The largest absolute Gasteiger partial charge is 0.433 e. The predicted molar refractivity (Wildman–Crippen MR) is 113 cm³/mol. The van der Waals surface area contributed by atoms with Gasteiger partial charge in [-0.3, -0.25) is 4.79 Å². The number of alkyl halides is 3. The van der Waals surface area contributed by atoms with Crippen molar-refractivity contribution in [2.24, 2.45) is 0 Å². The molecule has 1 amide bonds. The molecule has 0 spiro atoms. The normalized spacial score (nSPS) is 17.5. The van der Waals surface area contributed by atoms with Crippen molar-refractivity contribution in [2.75, 3.05) is 57.5 Å². The molecule has 0 saturated carbocycles. The maximum atomic E-state index is 13.4. The van der Waals surface area contributed by atoms with E-state index < -0.39 is 11.9 Å². The molecule has 11 heteroatoms. The molecule has 0 radical (unpaired) electrons. The molecule has 2 fully saturated rings. The Morgan fingerprint density at radius 2 is 1.59 bits per heavy atom. The number of carbonyl (C=O) groups excluding carboxylic acids is 1. The van der Waals surface area contributed by atoms with Crippen molar-refractivity contribution in [3.63, 3.8) is 0 Å². The smallest absolute Gasteiger partial charge is 0.378 e. The van der Waals surface area contributed by atoms with E-state index in [0.29, 0.717) is 63.9 Å². The molecule has 4 rings (SSSR count). The van der Waals surface area contributed by atoms with E-state index in [4.69, 9.17) is 9.47 Å². The average molecular weight is 469 g/mol. The quantitative estimate of drug-likeness (QED) is 0.494. The van der Waals surface area contributed by atoms with Gasteiger partial charge in [-0.25, -0.2) is 9.97 Å². The molecule has 2 saturated heterocycles. The first-order chi connectivity index (χ1) is 15.4. The van der Waals surface area contributed by atoms with Gasteiger partial charge in [0.05, 0.1) is 26.4 Å². The minimum atomic E-state index is -4.55. The van der Waals surface area contributed by atoms with Crippen molar-refractivity contribution in [1.29, 1.82) is 0 Å². The van der Waals surface area contributed by atoms with Gasteiger partial charge >= 0.3 is 6.18 Å². The predicted octanol–water partition coefficient (Wildman–Crippen LogP) is 3.10. The van der Waals surface area contributed by atoms with E-state index >= 15 is 0 Å². The van der Waals surface area contributed by atoms with E-state index in [1.54, 1.807) is 34.1 Å². The number of ether oxygens (including phenoxy) is 2. The molecule has 2 aliphatic heterocycles. The number of nitrogens with zero attached hydrogens (tertiary/aromatic N) is 4. The molecule has 2 aromatic rings. The highest BCUT2D eigenvalue weighted by atomic mass is 32.2. The molecule has 0 unspecified atom stereocenters. The number of rotatable bonds is 5. The minimum Gasteiger partial charge on any atom is -0.378 e. The molecule has 172 valence electrons. The van der Waals surface area contributed by atoms with Crippen LogP contribution in [0.3, 0.4) is 0 Å². The van der Waals surface area contributed by atoms with Gasteiger partial charge < -0.3 is 19.3 Å². The monoisotopic (exact) mass is 468 g/mol. The van der Waals surface area contributed by atoms with Gasteiger partial charge in [0.25, 0.3) is 5.91 Å². The molecule has 0 aliphatic carbocycles. The van der Waals surface area contributed by atoms with E-state index in [1.165, 1.54) is 0 Å². The van der Waals surface area contributed by atoms with Crippen molar-refractivity contribution in [3.8, 4) is 0 Å². The highest BCUT2D eigenvalue weighted by molar-refractivity contribution is 7.98. The van der Waals surface area contributed by atoms with Gasteiger partial charge in [0.1, 0.15) is 5.82 Å². The number of amides is 1. The molecule has 3 heterocycles. The first kappa shape index (κ1) is 22.8. The lowest BCUT2D eigenvalue weighted by Crippen LogP contribution is -2.40. The second-order valence-electron chi connectivity index (χ2n) is 7.38. The van der Waals surface area contributed by atoms with Crippen LogP contribution in [-0.4, -0.2) is 73.4 Å². The van der Waals surface area contributed by atoms with Crippen LogP contribution in [0.5, 0.6) is 0 Å². The topological polar surface area (TPSA) is 67.8 Å². The van der Waals surface area contributed by atoms with Crippen LogP contribution in [0, 0.1) is 0 Å². The van der Waals surface area contributed by atoms with E-state index in [0.717, 1.165) is 23.4 Å². The molecule has 32 heavy (non-hydrogen) atoms. The van der Waals surface area contributed by atoms with Crippen LogP contribution in [0.25, 0.3) is 0 Å². The number of anilines is 1. The fraction of sp³-hybridized carbons (Fsp3) is 0.476. The zero-order chi connectivity index (χ0) is 22.6. The number of halogens is 3. The van der Waals surface area contributed by atoms with Crippen LogP contribution in [0.15, 0.2) is 35.5 Å². The molecule has 0 N–H and O–H groups in total. The highest BCUT2D eigenvalue weighted by Gasteiger charge is 2.34. The van der Waals surface area contributed by atoms with E-state index in [1.807, 2.05) is 0 Å². The summed E-state index contributed by atoms with van der Waals surface area (Å²) < 4.78 is 50.6. The number of aromatic nitrogens is 2. The van der Waals surface area contributed by atoms with Crippen LogP contribution in [0.2, 0.25) is 0 Å². The van der Waals surface area contributed by atoms with Crippen LogP contribution in [0.1, 0.15) is 21.6 Å². The Hall–Kier alpha value is -2.37. The standard InChI is InChI=1S/C21H23F3N4O3S/c22-21(23,24)17-13-18(27-5-9-30-10-6-27)26-20(25-17)32-14-15-1-3-16(4-2-15)19(29)28-7-11-31-12-8-28/h1-4,13H,5-12,14H2. The van der Waals surface area contributed by atoms with Gasteiger partial charge in [0.15, 0.2) is 10.9 Å². The van der Waals surface area contributed by atoms with Crippen LogP contribution in [0.4, 0.5) is 19.0 Å². The van der Waals surface area contributed by atoms with Crippen LogP contribution < -0.4 is 4.90 Å². The summed E-state index contributed by atoms with van der Waals surface area (Å²) in [5.74, 6) is 0.587. The fourth-order valence-electron chi connectivity index (χ4n) is 3.42. The van der Waals surface area contributed by atoms with E-state index in [2.05, 4.69) is 9.97 Å². The summed E-state index contributed by atoms with van der Waals surface area (Å²) in [7, 11) is 0. The zero-order valence-corrected chi connectivity index (χ0v) is 18.1. The highest BCUT2D eigenvalue weighted by Crippen LogP contribution is 2.32. The Balaban J connectivity index is 1.44. The van der Waals surface area contributed by atoms with Crippen molar-refractivity contribution >= 4 is 23.5 Å². The number of hydrogen-bond donors (Lipinski definition) is 0. The summed E-state index contributed by atoms with van der Waals surface area (Å²) in [6.07, 6.45) is -4.55. The van der Waals surface area contributed by atoms with Gasteiger partial charge in [-0.05, 0) is 17.7 Å². The summed E-state index contributed by atoms with van der Waals surface area (Å²) in [5.41, 5.74) is 0.482. The maximum absolute atomic E-state index is 13.4. The number of hydrogen-bond acceptors (Lipinski definition) is 7. The van der Waals surface area contributed by atoms with Gasteiger partial charge in [-0.1, -0.05) is 23.9 Å². The number of morpholine rings is 2. The lowest BCUT2D eigenvalue weighted by Gasteiger charge is -2.28. The summed E-state index contributed by atoms with van der Waals surface area (Å²) in [6.45, 7) is 4.05. The molecular formula is C21H23F3N4O3S. The Bertz CT molecular complexity index is 931. The summed E-state index contributed by atoms with van der Waals surface area (Å²) in [6, 6.07) is 8.06. The molecular weight excluding hydrogens is 445 g/mol. The molecule has 0 atom stereocenters. The lowest BCUT2D eigenvalue weighted by molar-refractivity contribution is -0.141. The second-order valence-corrected chi connectivity index (χ2v) is 8.32. The third-order valence-electron chi connectivity index (χ3n) is 5.18. The number of thioether (sulfide) groups is 1. The van der Waals surface area contributed by atoms with Gasteiger partial charge in [0, 0.05) is 43.6 Å². The summed E-state index contributed by atoms with van der Waals surface area (Å²) in [4.78, 5) is 24.1. The number of benzene rings is 1. The molecule has 0 bridgehead atoms. The zero-order valence-electron chi connectivity index (χ0n) is 17.3. The lowest BCUT2D eigenvalue weighted by atomic mass is 10.1. The van der Waals surface area contributed by atoms with Crippen LogP contribution in [-0.2, 0) is 21.4 Å². The fourth-order valence-corrected chi connectivity index (χ4v) is 4.23. The minimum absolute atomic E-state index is 0.0520. The van der Waals surface area contributed by atoms with Crippen molar-refractivity contribution < 1.29 is 27.4 Å². The third kappa shape index (κ3) is 5.70. The Kier molecular flexibility index (Phi) is 7.17.